The first-order valence-electron chi connectivity index (χ1n) is 5.40. The molecule has 2 rings (SSSR count). The normalized spacial score (nSPS) is 12.3. The number of aromatic hydroxyl groups is 2. The number of phenolic OH excluding ortho intramolecular Hbond substituents is 2. The van der Waals surface area contributed by atoms with Gasteiger partial charge in [0.2, 0.25) is 0 Å². The van der Waals surface area contributed by atoms with E-state index in [4.69, 9.17) is 0 Å². The molecule has 0 fully saturated rings. The molecule has 0 saturated heterocycles. The van der Waals surface area contributed by atoms with Crippen LogP contribution in [0.4, 0.5) is 0 Å². The molecule has 2 nitrogen and oxygen atoms in total. The maximum Gasteiger partial charge on any atom is 0.115 e. The van der Waals surface area contributed by atoms with Gasteiger partial charge in [-0.2, -0.15) is 0 Å². The Morgan fingerprint density at radius 3 is 1.82 bits per heavy atom. The van der Waals surface area contributed by atoms with E-state index in [1.165, 1.54) is 5.56 Å². The Bertz CT molecular complexity index is 477. The lowest BCUT2D eigenvalue weighted by Crippen LogP contribution is -1.87. The van der Waals surface area contributed by atoms with Gasteiger partial charge in [0.25, 0.3) is 0 Å². The second kappa shape index (κ2) is 5.15. The second-order valence-corrected chi connectivity index (χ2v) is 5.26. The Kier molecular flexibility index (Phi) is 3.59. The van der Waals surface area contributed by atoms with Crippen LogP contribution in [0.15, 0.2) is 53.4 Å². The van der Waals surface area contributed by atoms with Gasteiger partial charge in [0.15, 0.2) is 0 Å². The van der Waals surface area contributed by atoms with Crippen LogP contribution < -0.4 is 0 Å². The third-order valence-corrected chi connectivity index (χ3v) is 3.68. The molecule has 0 radical (unpaired) electrons. The Labute approximate surface area is 105 Å². The molecule has 0 heterocycles. The molecule has 0 aliphatic carbocycles. The third kappa shape index (κ3) is 3.17. The van der Waals surface area contributed by atoms with Crippen molar-refractivity contribution in [1.29, 1.82) is 0 Å². The SMILES string of the molecule is CC(Sc1ccc(O)cc1)c1ccc(O)cc1. The van der Waals surface area contributed by atoms with Crippen molar-refractivity contribution in [2.24, 2.45) is 0 Å². The second-order valence-electron chi connectivity index (χ2n) is 3.85. The van der Waals surface area contributed by atoms with E-state index in [2.05, 4.69) is 6.92 Å². The monoisotopic (exact) mass is 246 g/mol. The predicted octanol–water partition coefficient (Wildman–Crippen LogP) is 3.95. The average molecular weight is 246 g/mol. The lowest BCUT2D eigenvalue weighted by Gasteiger charge is -2.11. The molecule has 1 atom stereocenters. The van der Waals surface area contributed by atoms with Crippen LogP contribution in [0.5, 0.6) is 11.5 Å². The van der Waals surface area contributed by atoms with Gasteiger partial charge in [-0.3, -0.25) is 0 Å². The first-order chi connectivity index (χ1) is 8.15. The van der Waals surface area contributed by atoms with Crippen LogP contribution in [-0.2, 0) is 0 Å². The fourth-order valence-electron chi connectivity index (χ4n) is 1.54. The fraction of sp³-hybridized carbons (Fsp3) is 0.143. The summed E-state index contributed by atoms with van der Waals surface area (Å²) in [5.74, 6) is 0.571. The molecular weight excluding hydrogens is 232 g/mol. The standard InChI is InChI=1S/C14H14O2S/c1-10(11-2-4-12(15)5-3-11)17-14-8-6-13(16)7-9-14/h2-10,15-16H,1H3. The summed E-state index contributed by atoms with van der Waals surface area (Å²) in [6.45, 7) is 2.11. The van der Waals surface area contributed by atoms with Crippen LogP contribution in [-0.4, -0.2) is 10.2 Å². The van der Waals surface area contributed by atoms with Crippen LogP contribution in [0.2, 0.25) is 0 Å². The quantitative estimate of drug-likeness (QED) is 0.806. The minimum Gasteiger partial charge on any atom is -0.508 e. The van der Waals surface area contributed by atoms with Crippen molar-refractivity contribution in [1.82, 2.24) is 0 Å². The minimum atomic E-state index is 0.284. The number of hydrogen-bond acceptors (Lipinski definition) is 3. The fourth-order valence-corrected chi connectivity index (χ4v) is 2.54. The molecule has 0 aliphatic rings. The first kappa shape index (κ1) is 11.9. The molecule has 0 bridgehead atoms. The number of benzene rings is 2. The lowest BCUT2D eigenvalue weighted by atomic mass is 10.2. The molecule has 0 saturated carbocycles. The van der Waals surface area contributed by atoms with Gasteiger partial charge >= 0.3 is 0 Å². The summed E-state index contributed by atoms with van der Waals surface area (Å²) in [5.41, 5.74) is 1.17. The van der Waals surface area contributed by atoms with E-state index in [0.717, 1.165) is 4.90 Å². The highest BCUT2D eigenvalue weighted by Gasteiger charge is 2.07. The summed E-state index contributed by atoms with van der Waals surface area (Å²) in [4.78, 5) is 1.11. The van der Waals surface area contributed by atoms with Gasteiger partial charge in [0.1, 0.15) is 11.5 Å². The van der Waals surface area contributed by atoms with Gasteiger partial charge < -0.3 is 10.2 Å². The summed E-state index contributed by atoms with van der Waals surface area (Å²) >= 11 is 1.72. The Balaban J connectivity index is 2.08. The summed E-state index contributed by atoms with van der Waals surface area (Å²) in [5, 5.41) is 18.7. The van der Waals surface area contributed by atoms with E-state index in [-0.39, 0.29) is 11.5 Å². The maximum absolute atomic E-state index is 9.22. The van der Waals surface area contributed by atoms with Crippen molar-refractivity contribution in [2.45, 2.75) is 17.1 Å². The summed E-state index contributed by atoms with van der Waals surface area (Å²) < 4.78 is 0. The predicted molar refractivity (Wildman–Crippen MR) is 70.5 cm³/mol. The Hall–Kier alpha value is -1.61. The van der Waals surface area contributed by atoms with E-state index in [1.54, 1.807) is 36.0 Å². The molecule has 2 aromatic rings. The maximum atomic E-state index is 9.22. The van der Waals surface area contributed by atoms with Gasteiger partial charge in [0, 0.05) is 10.1 Å². The van der Waals surface area contributed by atoms with E-state index >= 15 is 0 Å². The molecule has 0 spiro atoms. The van der Waals surface area contributed by atoms with Crippen LogP contribution in [0.3, 0.4) is 0 Å². The molecule has 1 unspecified atom stereocenters. The molecule has 3 heteroatoms. The zero-order chi connectivity index (χ0) is 12.3. The van der Waals surface area contributed by atoms with Crippen LogP contribution in [0, 0.1) is 0 Å². The largest absolute Gasteiger partial charge is 0.508 e. The zero-order valence-electron chi connectivity index (χ0n) is 9.50. The van der Waals surface area contributed by atoms with E-state index in [9.17, 15) is 10.2 Å². The van der Waals surface area contributed by atoms with Crippen LogP contribution in [0.1, 0.15) is 17.7 Å². The van der Waals surface area contributed by atoms with E-state index < -0.39 is 0 Å². The number of phenols is 2. The van der Waals surface area contributed by atoms with E-state index in [1.807, 2.05) is 24.3 Å². The van der Waals surface area contributed by atoms with Gasteiger partial charge in [-0.1, -0.05) is 12.1 Å². The van der Waals surface area contributed by atoms with Crippen LogP contribution >= 0.6 is 11.8 Å². The lowest BCUT2D eigenvalue weighted by molar-refractivity contribution is 0.474. The molecule has 2 aromatic carbocycles. The van der Waals surface area contributed by atoms with Gasteiger partial charge in [0.05, 0.1) is 0 Å². The molecule has 0 aromatic heterocycles. The highest BCUT2D eigenvalue weighted by Crippen LogP contribution is 2.35. The number of thioether (sulfide) groups is 1. The average Bonchev–Trinajstić information content (AvgIpc) is 2.33. The van der Waals surface area contributed by atoms with Crippen molar-refractivity contribution in [2.75, 3.05) is 0 Å². The van der Waals surface area contributed by atoms with E-state index in [0.29, 0.717) is 5.25 Å². The third-order valence-electron chi connectivity index (χ3n) is 2.51. The number of hydrogen-bond donors (Lipinski definition) is 2. The summed E-state index contributed by atoms with van der Waals surface area (Å²) in [6, 6.07) is 14.4. The Morgan fingerprint density at radius 2 is 1.29 bits per heavy atom. The molecular formula is C14H14O2S. The van der Waals surface area contributed by atoms with Gasteiger partial charge in [-0.15, -0.1) is 11.8 Å². The molecule has 0 aliphatic heterocycles. The van der Waals surface area contributed by atoms with Gasteiger partial charge in [-0.25, -0.2) is 0 Å². The molecule has 17 heavy (non-hydrogen) atoms. The molecule has 2 N–H and O–H groups in total. The van der Waals surface area contributed by atoms with Crippen molar-refractivity contribution in [3.05, 3.63) is 54.1 Å². The van der Waals surface area contributed by atoms with Crippen molar-refractivity contribution in [3.8, 4) is 11.5 Å². The zero-order valence-corrected chi connectivity index (χ0v) is 10.3. The minimum absolute atomic E-state index is 0.284. The van der Waals surface area contributed by atoms with Crippen molar-refractivity contribution in [3.63, 3.8) is 0 Å². The smallest absolute Gasteiger partial charge is 0.115 e. The highest BCUT2D eigenvalue weighted by atomic mass is 32.2. The van der Waals surface area contributed by atoms with Crippen LogP contribution in [0.25, 0.3) is 0 Å². The number of rotatable bonds is 3. The molecule has 0 amide bonds. The van der Waals surface area contributed by atoms with Crippen molar-refractivity contribution < 1.29 is 10.2 Å². The topological polar surface area (TPSA) is 40.5 Å². The van der Waals surface area contributed by atoms with Gasteiger partial charge in [-0.05, 0) is 48.9 Å². The summed E-state index contributed by atoms with van der Waals surface area (Å²) in [7, 11) is 0. The molecule has 88 valence electrons. The van der Waals surface area contributed by atoms with Crippen molar-refractivity contribution >= 4 is 11.8 Å². The highest BCUT2D eigenvalue weighted by molar-refractivity contribution is 7.99. The first-order valence-corrected chi connectivity index (χ1v) is 6.28. The Morgan fingerprint density at radius 1 is 0.824 bits per heavy atom. The summed E-state index contributed by atoms with van der Waals surface area (Å²) in [6.07, 6.45) is 0.